The van der Waals surface area contributed by atoms with Crippen LogP contribution in [0, 0.1) is 11.8 Å². The monoisotopic (exact) mass is 259 g/mol. The van der Waals surface area contributed by atoms with Crippen molar-refractivity contribution in [1.29, 1.82) is 0 Å². The molecule has 0 spiro atoms. The molecule has 3 nitrogen and oxygen atoms in total. The van der Waals surface area contributed by atoms with E-state index in [1.807, 2.05) is 6.92 Å². The maximum Gasteiger partial charge on any atom is 0.148 e. The highest BCUT2D eigenvalue weighted by Gasteiger charge is 2.34. The van der Waals surface area contributed by atoms with Gasteiger partial charge in [-0.15, -0.1) is 0 Å². The van der Waals surface area contributed by atoms with Crippen molar-refractivity contribution in [1.82, 2.24) is 5.32 Å². The quantitative estimate of drug-likeness (QED) is 0.821. The molecule has 2 fully saturated rings. The molecule has 2 aliphatic rings. The number of nitrogens with one attached hydrogen (secondary N) is 1. The standard InChI is InChI=1S/C13H25NO2S/c1-10(9-17(2,15)16)14-13-5-3-4-12(8-13)11-6-7-11/h10-14H,3-9H2,1-2H3. The Kier molecular flexibility index (Phi) is 4.14. The Labute approximate surface area is 105 Å². The molecule has 0 aliphatic heterocycles. The summed E-state index contributed by atoms with van der Waals surface area (Å²) in [5.41, 5.74) is 0. The topological polar surface area (TPSA) is 46.2 Å². The Morgan fingerprint density at radius 3 is 2.47 bits per heavy atom. The van der Waals surface area contributed by atoms with Crippen molar-refractivity contribution in [3.05, 3.63) is 0 Å². The highest BCUT2D eigenvalue weighted by atomic mass is 32.2. The van der Waals surface area contributed by atoms with Gasteiger partial charge in [0.25, 0.3) is 0 Å². The first-order valence-corrected chi connectivity index (χ1v) is 8.94. The van der Waals surface area contributed by atoms with Gasteiger partial charge in [-0.1, -0.05) is 12.8 Å². The average Bonchev–Trinajstić information content (AvgIpc) is 2.97. The van der Waals surface area contributed by atoms with Crippen LogP contribution < -0.4 is 5.32 Å². The van der Waals surface area contributed by atoms with Gasteiger partial charge in [-0.25, -0.2) is 8.42 Å². The molecular formula is C13H25NO2S. The number of hydrogen-bond acceptors (Lipinski definition) is 3. The summed E-state index contributed by atoms with van der Waals surface area (Å²) in [7, 11) is -2.85. The Bertz CT molecular complexity index is 348. The molecule has 100 valence electrons. The Balaban J connectivity index is 1.77. The molecule has 2 rings (SSSR count). The van der Waals surface area contributed by atoms with Crippen LogP contribution in [0.5, 0.6) is 0 Å². The fourth-order valence-electron chi connectivity index (χ4n) is 3.28. The van der Waals surface area contributed by atoms with Crippen LogP contribution in [0.25, 0.3) is 0 Å². The molecule has 3 atom stereocenters. The van der Waals surface area contributed by atoms with E-state index in [9.17, 15) is 8.42 Å². The lowest BCUT2D eigenvalue weighted by Gasteiger charge is -2.32. The molecule has 0 aromatic rings. The van der Waals surface area contributed by atoms with E-state index in [4.69, 9.17) is 0 Å². The molecule has 0 aromatic carbocycles. The van der Waals surface area contributed by atoms with Crippen LogP contribution in [0.4, 0.5) is 0 Å². The molecule has 0 heterocycles. The zero-order valence-corrected chi connectivity index (χ0v) is 11.8. The maximum atomic E-state index is 11.2. The number of hydrogen-bond donors (Lipinski definition) is 1. The molecule has 17 heavy (non-hydrogen) atoms. The fourth-order valence-corrected chi connectivity index (χ4v) is 4.28. The van der Waals surface area contributed by atoms with Crippen molar-refractivity contribution in [2.24, 2.45) is 11.8 Å². The van der Waals surface area contributed by atoms with Gasteiger partial charge in [-0.2, -0.15) is 0 Å². The van der Waals surface area contributed by atoms with E-state index < -0.39 is 9.84 Å². The molecule has 1 N–H and O–H groups in total. The van der Waals surface area contributed by atoms with Crippen molar-refractivity contribution < 1.29 is 8.42 Å². The summed E-state index contributed by atoms with van der Waals surface area (Å²) < 4.78 is 22.5. The van der Waals surface area contributed by atoms with Gasteiger partial charge in [-0.3, -0.25) is 0 Å². The van der Waals surface area contributed by atoms with Crippen LogP contribution in [0.3, 0.4) is 0 Å². The molecule has 0 saturated heterocycles. The fraction of sp³-hybridized carbons (Fsp3) is 1.00. The molecular weight excluding hydrogens is 234 g/mol. The lowest BCUT2D eigenvalue weighted by molar-refractivity contribution is 0.252. The van der Waals surface area contributed by atoms with Gasteiger partial charge in [0.1, 0.15) is 9.84 Å². The van der Waals surface area contributed by atoms with E-state index in [2.05, 4.69) is 5.32 Å². The van der Waals surface area contributed by atoms with Gasteiger partial charge in [-0.05, 0) is 44.4 Å². The second-order valence-corrected chi connectivity index (χ2v) is 8.31. The minimum atomic E-state index is -2.85. The van der Waals surface area contributed by atoms with Crippen molar-refractivity contribution in [3.8, 4) is 0 Å². The first-order valence-electron chi connectivity index (χ1n) is 6.88. The van der Waals surface area contributed by atoms with Gasteiger partial charge >= 0.3 is 0 Å². The first-order chi connectivity index (χ1) is 7.94. The summed E-state index contributed by atoms with van der Waals surface area (Å²) >= 11 is 0. The SMILES string of the molecule is CC(CS(C)(=O)=O)NC1CCCC(C2CC2)C1. The summed E-state index contributed by atoms with van der Waals surface area (Å²) in [4.78, 5) is 0. The zero-order valence-electron chi connectivity index (χ0n) is 11.0. The van der Waals surface area contributed by atoms with E-state index in [0.717, 1.165) is 11.8 Å². The lowest BCUT2D eigenvalue weighted by Crippen LogP contribution is -2.43. The summed E-state index contributed by atoms with van der Waals surface area (Å²) in [6, 6.07) is 0.638. The van der Waals surface area contributed by atoms with Gasteiger partial charge in [0.05, 0.1) is 5.75 Å². The lowest BCUT2D eigenvalue weighted by atomic mass is 9.82. The predicted molar refractivity (Wildman–Crippen MR) is 70.8 cm³/mol. The maximum absolute atomic E-state index is 11.2. The van der Waals surface area contributed by atoms with Gasteiger partial charge in [0.2, 0.25) is 0 Å². The summed E-state index contributed by atoms with van der Waals surface area (Å²) in [6.07, 6.45) is 9.36. The molecule has 0 radical (unpaired) electrons. The minimum absolute atomic E-state index is 0.0907. The van der Waals surface area contributed by atoms with E-state index >= 15 is 0 Å². The van der Waals surface area contributed by atoms with Crippen molar-refractivity contribution in [3.63, 3.8) is 0 Å². The molecule has 0 amide bonds. The van der Waals surface area contributed by atoms with Crippen molar-refractivity contribution >= 4 is 9.84 Å². The molecule has 2 saturated carbocycles. The van der Waals surface area contributed by atoms with E-state index in [-0.39, 0.29) is 11.8 Å². The number of rotatable bonds is 5. The van der Waals surface area contributed by atoms with E-state index in [0.29, 0.717) is 6.04 Å². The van der Waals surface area contributed by atoms with E-state index in [1.54, 1.807) is 0 Å². The number of sulfone groups is 1. The van der Waals surface area contributed by atoms with Crippen LogP contribution in [0.1, 0.15) is 45.4 Å². The zero-order chi connectivity index (χ0) is 12.5. The van der Waals surface area contributed by atoms with Gasteiger partial charge in [0.15, 0.2) is 0 Å². The van der Waals surface area contributed by atoms with Crippen LogP contribution in [0.2, 0.25) is 0 Å². The molecule has 3 unspecified atom stereocenters. The Hall–Kier alpha value is -0.0900. The molecule has 0 bridgehead atoms. The van der Waals surface area contributed by atoms with Crippen molar-refractivity contribution in [2.45, 2.75) is 57.5 Å². The molecule has 2 aliphatic carbocycles. The van der Waals surface area contributed by atoms with Crippen LogP contribution in [0.15, 0.2) is 0 Å². The third kappa shape index (κ3) is 4.59. The summed E-state index contributed by atoms with van der Waals surface area (Å²) in [5.74, 6) is 2.16. The third-order valence-electron chi connectivity index (χ3n) is 4.08. The second kappa shape index (κ2) is 5.27. The molecule has 4 heteroatoms. The Morgan fingerprint density at radius 2 is 1.88 bits per heavy atom. The average molecular weight is 259 g/mol. The van der Waals surface area contributed by atoms with Crippen molar-refractivity contribution in [2.75, 3.05) is 12.0 Å². The summed E-state index contributed by atoms with van der Waals surface area (Å²) in [5, 5.41) is 3.51. The largest absolute Gasteiger partial charge is 0.310 e. The third-order valence-corrected chi connectivity index (χ3v) is 5.18. The van der Waals surface area contributed by atoms with Crippen LogP contribution in [-0.4, -0.2) is 32.5 Å². The molecule has 0 aromatic heterocycles. The summed E-state index contributed by atoms with van der Waals surface area (Å²) in [6.45, 7) is 1.99. The second-order valence-electron chi connectivity index (χ2n) is 6.12. The van der Waals surface area contributed by atoms with Gasteiger partial charge in [0, 0.05) is 18.3 Å². The smallest absolute Gasteiger partial charge is 0.148 e. The minimum Gasteiger partial charge on any atom is -0.310 e. The highest BCUT2D eigenvalue weighted by molar-refractivity contribution is 7.90. The predicted octanol–water partition coefficient (Wildman–Crippen LogP) is 1.98. The Morgan fingerprint density at radius 1 is 1.18 bits per heavy atom. The van der Waals surface area contributed by atoms with Crippen LogP contribution in [-0.2, 0) is 9.84 Å². The highest BCUT2D eigenvalue weighted by Crippen LogP contribution is 2.43. The first kappa shape index (κ1) is 13.3. The van der Waals surface area contributed by atoms with E-state index in [1.165, 1.54) is 44.8 Å². The van der Waals surface area contributed by atoms with Crippen LogP contribution >= 0.6 is 0 Å². The normalized spacial score (nSPS) is 32.4. The van der Waals surface area contributed by atoms with Gasteiger partial charge < -0.3 is 5.32 Å².